The fraction of sp³-hybridized carbons (Fsp3) is 0.200. The highest BCUT2D eigenvalue weighted by Crippen LogP contribution is 2.21. The summed E-state index contributed by atoms with van der Waals surface area (Å²) < 4.78 is 14.7. The van der Waals surface area contributed by atoms with Crippen molar-refractivity contribution in [1.82, 2.24) is 5.32 Å². The number of fused-ring (bicyclic) bond motifs is 1. The lowest BCUT2D eigenvalue weighted by Gasteiger charge is -2.18. The van der Waals surface area contributed by atoms with Gasteiger partial charge in [0.25, 0.3) is 0 Å². The minimum absolute atomic E-state index is 0.304. The van der Waals surface area contributed by atoms with Gasteiger partial charge in [0.15, 0.2) is 0 Å². The summed E-state index contributed by atoms with van der Waals surface area (Å²) in [6, 6.07) is 14.5. The van der Waals surface area contributed by atoms with Crippen LogP contribution in [0.5, 0.6) is 0 Å². The van der Waals surface area contributed by atoms with Crippen LogP contribution in [0.3, 0.4) is 0 Å². The molecule has 4 nitrogen and oxygen atoms in total. The summed E-state index contributed by atoms with van der Waals surface area (Å²) >= 11 is 0. The van der Waals surface area contributed by atoms with Crippen molar-refractivity contribution in [2.75, 3.05) is 13.1 Å². The van der Waals surface area contributed by atoms with E-state index >= 15 is 0 Å². The second-order valence-corrected chi connectivity index (χ2v) is 7.52. The predicted molar refractivity (Wildman–Crippen MR) is 121 cm³/mol. The summed E-state index contributed by atoms with van der Waals surface area (Å²) in [7, 11) is 0. The highest BCUT2D eigenvalue weighted by Gasteiger charge is 2.19. The van der Waals surface area contributed by atoms with Crippen molar-refractivity contribution in [2.45, 2.75) is 13.3 Å². The van der Waals surface area contributed by atoms with Gasteiger partial charge in [-0.1, -0.05) is 55.5 Å². The summed E-state index contributed by atoms with van der Waals surface area (Å²) in [5.74, 6) is 0.906. The van der Waals surface area contributed by atoms with Gasteiger partial charge in [0, 0.05) is 35.1 Å². The molecule has 152 valence electrons. The minimum atomic E-state index is -0.304. The Morgan fingerprint density at radius 2 is 1.80 bits per heavy atom. The maximum atomic E-state index is 14.7. The number of hydrogen-bond donors (Lipinski definition) is 2. The lowest BCUT2D eigenvalue weighted by molar-refractivity contribution is 0.625. The van der Waals surface area contributed by atoms with Crippen LogP contribution in [-0.2, 0) is 0 Å². The average Bonchev–Trinajstić information content (AvgIpc) is 2.84. The maximum absolute atomic E-state index is 14.7. The van der Waals surface area contributed by atoms with Crippen molar-refractivity contribution in [3.8, 4) is 0 Å². The van der Waals surface area contributed by atoms with Crippen molar-refractivity contribution in [3.05, 3.63) is 107 Å². The standard InChI is InChI=1S/C25H25FN4/c1-17-10-12-19(13-11-17)30-25-21-7-3-2-6-20(21)24(22-8-4-5-9-23(22)26)28-15-18(14-27)16-29-25/h2-10,12-13,16-17H,11,14-15,27H2,1H3,(H,29,30)/b18-16+,28-24+. The van der Waals surface area contributed by atoms with Crippen molar-refractivity contribution in [1.29, 1.82) is 0 Å². The molecule has 5 heteroatoms. The number of hydrogen-bond acceptors (Lipinski definition) is 4. The third-order valence-electron chi connectivity index (χ3n) is 5.22. The number of nitrogens with one attached hydrogen (secondary N) is 1. The van der Waals surface area contributed by atoms with Gasteiger partial charge in [-0.05, 0) is 36.1 Å². The van der Waals surface area contributed by atoms with Crippen LogP contribution in [-0.4, -0.2) is 24.6 Å². The van der Waals surface area contributed by atoms with E-state index in [2.05, 4.69) is 30.5 Å². The van der Waals surface area contributed by atoms with E-state index in [1.807, 2.05) is 30.3 Å². The lowest BCUT2D eigenvalue weighted by Crippen LogP contribution is -2.26. The third-order valence-corrected chi connectivity index (χ3v) is 5.22. The highest BCUT2D eigenvalue weighted by molar-refractivity contribution is 6.19. The van der Waals surface area contributed by atoms with Crippen molar-refractivity contribution < 1.29 is 4.39 Å². The molecule has 30 heavy (non-hydrogen) atoms. The van der Waals surface area contributed by atoms with E-state index in [1.165, 1.54) is 6.07 Å². The van der Waals surface area contributed by atoms with Crippen LogP contribution in [0.25, 0.3) is 0 Å². The molecule has 1 aliphatic heterocycles. The van der Waals surface area contributed by atoms with Gasteiger partial charge in [-0.25, -0.2) is 9.38 Å². The van der Waals surface area contributed by atoms with Gasteiger partial charge in [0.2, 0.25) is 0 Å². The van der Waals surface area contributed by atoms with E-state index < -0.39 is 0 Å². The molecule has 2 aliphatic rings. The number of aliphatic imine (C=N–C) groups is 2. The molecule has 0 fully saturated rings. The summed E-state index contributed by atoms with van der Waals surface area (Å²) in [5, 5.41) is 3.45. The number of nitrogens with zero attached hydrogens (tertiary/aromatic N) is 2. The highest BCUT2D eigenvalue weighted by atomic mass is 19.1. The van der Waals surface area contributed by atoms with E-state index in [0.29, 0.717) is 36.1 Å². The van der Waals surface area contributed by atoms with Crippen molar-refractivity contribution in [3.63, 3.8) is 0 Å². The number of rotatable bonds is 3. The SMILES string of the molecule is CC1C=CC(N/C2=N/C=C(\CN)C/N=C(/c3ccccc3F)c3ccccc32)=CC1. The fourth-order valence-corrected chi connectivity index (χ4v) is 3.49. The van der Waals surface area contributed by atoms with Crippen LogP contribution in [0.4, 0.5) is 4.39 Å². The molecule has 4 rings (SSSR count). The quantitative estimate of drug-likeness (QED) is 0.805. The monoisotopic (exact) mass is 400 g/mol. The van der Waals surface area contributed by atoms with Crippen molar-refractivity contribution in [2.24, 2.45) is 21.6 Å². The molecule has 0 aromatic heterocycles. The second-order valence-electron chi connectivity index (χ2n) is 7.52. The predicted octanol–water partition coefficient (Wildman–Crippen LogP) is 4.34. The molecule has 0 spiro atoms. The Kier molecular flexibility index (Phi) is 6.00. The van der Waals surface area contributed by atoms with E-state index in [-0.39, 0.29) is 5.82 Å². The molecular formula is C25H25FN4. The lowest BCUT2D eigenvalue weighted by atomic mass is 9.95. The van der Waals surface area contributed by atoms with Crippen molar-refractivity contribution >= 4 is 11.5 Å². The van der Waals surface area contributed by atoms with Crippen LogP contribution >= 0.6 is 0 Å². The molecule has 0 radical (unpaired) electrons. The third kappa shape index (κ3) is 4.31. The Balaban J connectivity index is 1.84. The number of nitrogens with two attached hydrogens (primary N) is 1. The Hall–Kier alpha value is -3.31. The zero-order valence-corrected chi connectivity index (χ0v) is 17.0. The first-order valence-corrected chi connectivity index (χ1v) is 10.2. The number of halogens is 1. The van der Waals surface area contributed by atoms with Gasteiger partial charge < -0.3 is 11.1 Å². The topological polar surface area (TPSA) is 62.8 Å². The van der Waals surface area contributed by atoms with Crippen LogP contribution in [0.1, 0.15) is 30.0 Å². The largest absolute Gasteiger partial charge is 0.340 e. The summed E-state index contributed by atoms with van der Waals surface area (Å²) in [6.07, 6.45) is 9.16. The molecule has 0 saturated heterocycles. The van der Waals surface area contributed by atoms with Crippen LogP contribution in [0, 0.1) is 11.7 Å². The molecular weight excluding hydrogens is 375 g/mol. The van der Waals surface area contributed by atoms with E-state index in [9.17, 15) is 4.39 Å². The van der Waals surface area contributed by atoms with Crippen LogP contribution in [0.2, 0.25) is 0 Å². The molecule has 1 aliphatic carbocycles. The summed E-state index contributed by atoms with van der Waals surface area (Å²) in [4.78, 5) is 9.48. The van der Waals surface area contributed by atoms with Crippen LogP contribution in [0.15, 0.2) is 94.2 Å². The summed E-state index contributed by atoms with van der Waals surface area (Å²) in [5.41, 5.74) is 10.5. The molecule has 2 aromatic carbocycles. The normalized spacial score (nSPS) is 23.9. The van der Waals surface area contributed by atoms with Crippen LogP contribution < -0.4 is 11.1 Å². The Labute approximate surface area is 176 Å². The van der Waals surface area contributed by atoms with Gasteiger partial charge in [-0.15, -0.1) is 0 Å². The number of benzene rings is 2. The van der Waals surface area contributed by atoms with E-state index in [4.69, 9.17) is 15.7 Å². The van der Waals surface area contributed by atoms with E-state index in [1.54, 1.807) is 18.3 Å². The van der Waals surface area contributed by atoms with Gasteiger partial charge in [-0.2, -0.15) is 0 Å². The van der Waals surface area contributed by atoms with Gasteiger partial charge >= 0.3 is 0 Å². The molecule has 0 saturated carbocycles. The number of amidine groups is 1. The number of allylic oxidation sites excluding steroid dienone is 3. The Morgan fingerprint density at radius 1 is 1.07 bits per heavy atom. The summed E-state index contributed by atoms with van der Waals surface area (Å²) in [6.45, 7) is 2.89. The Morgan fingerprint density at radius 3 is 2.50 bits per heavy atom. The molecule has 1 heterocycles. The minimum Gasteiger partial charge on any atom is -0.340 e. The average molecular weight is 401 g/mol. The molecule has 0 amide bonds. The first-order chi connectivity index (χ1) is 14.7. The molecule has 1 unspecified atom stereocenters. The van der Waals surface area contributed by atoms with E-state index in [0.717, 1.165) is 28.8 Å². The molecule has 0 bridgehead atoms. The van der Waals surface area contributed by atoms with Gasteiger partial charge in [-0.3, -0.25) is 4.99 Å². The second kappa shape index (κ2) is 9.01. The smallest absolute Gasteiger partial charge is 0.138 e. The maximum Gasteiger partial charge on any atom is 0.138 e. The zero-order chi connectivity index (χ0) is 20.9. The zero-order valence-electron chi connectivity index (χ0n) is 17.0. The Bertz CT molecular complexity index is 1090. The first kappa shape index (κ1) is 20.0. The molecule has 3 N–H and O–H groups in total. The molecule has 2 aromatic rings. The molecule has 1 atom stereocenters. The fourth-order valence-electron chi connectivity index (χ4n) is 3.49. The van der Waals surface area contributed by atoms with Gasteiger partial charge in [0.05, 0.1) is 12.3 Å². The first-order valence-electron chi connectivity index (χ1n) is 10.2. The van der Waals surface area contributed by atoms with Gasteiger partial charge in [0.1, 0.15) is 11.7 Å².